The quantitative estimate of drug-likeness (QED) is 0.792. The fraction of sp³-hybridized carbons (Fsp3) is 0.867. The zero-order chi connectivity index (χ0) is 17.9. The molecule has 2 aliphatic rings. The van der Waals surface area contributed by atoms with E-state index in [2.05, 4.69) is 5.32 Å². The van der Waals surface area contributed by atoms with E-state index in [1.54, 1.807) is 4.90 Å². The van der Waals surface area contributed by atoms with Crippen molar-refractivity contribution in [2.75, 3.05) is 45.8 Å². The second kappa shape index (κ2) is 7.69. The number of piperazine rings is 2. The minimum atomic E-state index is -4.22. The molecule has 2 heterocycles. The van der Waals surface area contributed by atoms with Gasteiger partial charge in [0.05, 0.1) is 19.0 Å². The number of rotatable bonds is 4. The number of nitrogens with zero attached hydrogens (tertiary/aromatic N) is 3. The molecule has 2 fully saturated rings. The SMILES string of the molecule is CC(C)N1CCNC(=O)C1CC(=O)N1CCN(CC(F)(F)F)CC1. The van der Waals surface area contributed by atoms with Crippen molar-refractivity contribution >= 4 is 11.8 Å². The molecule has 138 valence electrons. The standard InChI is InChI=1S/C15H25F3N4O2/c1-11(2)22-4-3-19-14(24)12(22)9-13(23)21-7-5-20(6-8-21)10-15(16,17)18/h11-12H,3-10H2,1-2H3,(H,19,24). The van der Waals surface area contributed by atoms with Crippen LogP contribution in [0.25, 0.3) is 0 Å². The second-order valence-electron chi connectivity index (χ2n) is 6.61. The van der Waals surface area contributed by atoms with Crippen LogP contribution in [-0.2, 0) is 9.59 Å². The molecule has 0 aromatic rings. The number of carbonyl (C=O) groups is 2. The van der Waals surface area contributed by atoms with Gasteiger partial charge in [0, 0.05) is 45.3 Å². The summed E-state index contributed by atoms with van der Waals surface area (Å²) in [5.41, 5.74) is 0. The molecular weight excluding hydrogens is 325 g/mol. The Labute approximate surface area is 139 Å². The van der Waals surface area contributed by atoms with Crippen LogP contribution in [0, 0.1) is 0 Å². The Kier molecular flexibility index (Phi) is 6.08. The summed E-state index contributed by atoms with van der Waals surface area (Å²) in [6, 6.07) is -0.350. The van der Waals surface area contributed by atoms with Gasteiger partial charge in [0.25, 0.3) is 0 Å². The molecule has 6 nitrogen and oxygen atoms in total. The molecule has 0 bridgehead atoms. The highest BCUT2D eigenvalue weighted by Crippen LogP contribution is 2.19. The Morgan fingerprint density at radius 2 is 1.83 bits per heavy atom. The van der Waals surface area contributed by atoms with E-state index in [4.69, 9.17) is 0 Å². The minimum absolute atomic E-state index is 0.0727. The number of amides is 2. The van der Waals surface area contributed by atoms with Crippen molar-refractivity contribution in [3.05, 3.63) is 0 Å². The zero-order valence-corrected chi connectivity index (χ0v) is 14.1. The van der Waals surface area contributed by atoms with Crippen LogP contribution in [0.3, 0.4) is 0 Å². The van der Waals surface area contributed by atoms with Gasteiger partial charge in [-0.3, -0.25) is 19.4 Å². The van der Waals surface area contributed by atoms with Crippen LogP contribution in [0.15, 0.2) is 0 Å². The number of hydrogen-bond donors (Lipinski definition) is 1. The van der Waals surface area contributed by atoms with Gasteiger partial charge in [-0.2, -0.15) is 13.2 Å². The van der Waals surface area contributed by atoms with Gasteiger partial charge >= 0.3 is 6.18 Å². The number of hydrogen-bond acceptors (Lipinski definition) is 4. The maximum absolute atomic E-state index is 12.5. The van der Waals surface area contributed by atoms with Crippen molar-refractivity contribution in [2.24, 2.45) is 0 Å². The lowest BCUT2D eigenvalue weighted by atomic mass is 10.1. The number of nitrogens with one attached hydrogen (secondary N) is 1. The van der Waals surface area contributed by atoms with Crippen molar-refractivity contribution in [3.63, 3.8) is 0 Å². The molecular formula is C15H25F3N4O2. The maximum Gasteiger partial charge on any atom is 0.401 e. The smallest absolute Gasteiger partial charge is 0.353 e. The number of alkyl halides is 3. The van der Waals surface area contributed by atoms with Gasteiger partial charge < -0.3 is 10.2 Å². The largest absolute Gasteiger partial charge is 0.401 e. The fourth-order valence-corrected chi connectivity index (χ4v) is 3.26. The average molecular weight is 350 g/mol. The third-order valence-electron chi connectivity index (χ3n) is 4.53. The van der Waals surface area contributed by atoms with Gasteiger partial charge in [0.15, 0.2) is 0 Å². The van der Waals surface area contributed by atoms with Crippen LogP contribution in [0.1, 0.15) is 20.3 Å². The van der Waals surface area contributed by atoms with E-state index in [-0.39, 0.29) is 50.5 Å². The molecule has 2 amide bonds. The first-order chi connectivity index (χ1) is 11.2. The molecule has 0 aromatic carbocycles. The van der Waals surface area contributed by atoms with Crippen LogP contribution in [0.2, 0.25) is 0 Å². The van der Waals surface area contributed by atoms with Gasteiger partial charge in [-0.05, 0) is 13.8 Å². The summed E-state index contributed by atoms with van der Waals surface area (Å²) < 4.78 is 37.2. The topological polar surface area (TPSA) is 55.9 Å². The van der Waals surface area contributed by atoms with Crippen molar-refractivity contribution in [1.29, 1.82) is 0 Å². The molecule has 0 radical (unpaired) electrons. The van der Waals surface area contributed by atoms with Gasteiger partial charge in [-0.15, -0.1) is 0 Å². The number of carbonyl (C=O) groups excluding carboxylic acids is 2. The normalized spacial score (nSPS) is 24.3. The monoisotopic (exact) mass is 350 g/mol. The van der Waals surface area contributed by atoms with Gasteiger partial charge in [0.2, 0.25) is 11.8 Å². The van der Waals surface area contributed by atoms with Crippen LogP contribution in [0.5, 0.6) is 0 Å². The lowest BCUT2D eigenvalue weighted by Gasteiger charge is -2.39. The van der Waals surface area contributed by atoms with Crippen molar-refractivity contribution < 1.29 is 22.8 Å². The van der Waals surface area contributed by atoms with E-state index < -0.39 is 18.8 Å². The molecule has 0 spiro atoms. The fourth-order valence-electron chi connectivity index (χ4n) is 3.26. The lowest BCUT2D eigenvalue weighted by Crippen LogP contribution is -2.59. The third kappa shape index (κ3) is 5.07. The Morgan fingerprint density at radius 3 is 2.38 bits per heavy atom. The van der Waals surface area contributed by atoms with Gasteiger partial charge in [0.1, 0.15) is 0 Å². The summed E-state index contributed by atoms with van der Waals surface area (Å²) in [4.78, 5) is 29.4. The Morgan fingerprint density at radius 1 is 1.21 bits per heavy atom. The predicted molar refractivity (Wildman–Crippen MR) is 82.3 cm³/mol. The Bertz CT molecular complexity index is 462. The van der Waals surface area contributed by atoms with Crippen LogP contribution in [0.4, 0.5) is 13.2 Å². The molecule has 2 aliphatic heterocycles. The number of halogens is 3. The third-order valence-corrected chi connectivity index (χ3v) is 4.53. The summed E-state index contributed by atoms with van der Waals surface area (Å²) in [5.74, 6) is -0.326. The molecule has 2 rings (SSSR count). The van der Waals surface area contributed by atoms with Crippen molar-refractivity contribution in [3.8, 4) is 0 Å². The molecule has 0 saturated carbocycles. The highest BCUT2D eigenvalue weighted by atomic mass is 19.4. The first kappa shape index (κ1) is 19.0. The zero-order valence-electron chi connectivity index (χ0n) is 14.1. The van der Waals surface area contributed by atoms with E-state index in [1.165, 1.54) is 4.90 Å². The highest BCUT2D eigenvalue weighted by molar-refractivity contribution is 5.89. The molecule has 2 saturated heterocycles. The van der Waals surface area contributed by atoms with Crippen LogP contribution < -0.4 is 5.32 Å². The second-order valence-corrected chi connectivity index (χ2v) is 6.61. The first-order valence-corrected chi connectivity index (χ1v) is 8.27. The molecule has 9 heteroatoms. The maximum atomic E-state index is 12.5. The minimum Gasteiger partial charge on any atom is -0.353 e. The Balaban J connectivity index is 1.87. The van der Waals surface area contributed by atoms with Crippen molar-refractivity contribution in [1.82, 2.24) is 20.0 Å². The summed E-state index contributed by atoms with van der Waals surface area (Å²) in [6.45, 7) is 5.22. The van der Waals surface area contributed by atoms with Crippen LogP contribution in [-0.4, -0.2) is 90.6 Å². The predicted octanol–water partition coefficient (Wildman–Crippen LogP) is 0.292. The van der Waals surface area contributed by atoms with E-state index in [9.17, 15) is 22.8 Å². The highest BCUT2D eigenvalue weighted by Gasteiger charge is 2.36. The molecule has 24 heavy (non-hydrogen) atoms. The summed E-state index contributed by atoms with van der Waals surface area (Å²) in [7, 11) is 0. The average Bonchev–Trinajstić information content (AvgIpc) is 2.48. The summed E-state index contributed by atoms with van der Waals surface area (Å²) in [6.07, 6.45) is -4.15. The Hall–Kier alpha value is -1.35. The molecule has 1 N–H and O–H groups in total. The molecule has 0 aliphatic carbocycles. The summed E-state index contributed by atoms with van der Waals surface area (Å²) in [5, 5.41) is 2.77. The lowest BCUT2D eigenvalue weighted by molar-refractivity contribution is -0.152. The van der Waals surface area contributed by atoms with Crippen LogP contribution >= 0.6 is 0 Å². The van der Waals surface area contributed by atoms with Gasteiger partial charge in [-0.25, -0.2) is 0 Å². The molecule has 1 unspecified atom stereocenters. The summed E-state index contributed by atoms with van der Waals surface area (Å²) >= 11 is 0. The van der Waals surface area contributed by atoms with Gasteiger partial charge in [-0.1, -0.05) is 0 Å². The van der Waals surface area contributed by atoms with E-state index in [1.807, 2.05) is 18.7 Å². The van der Waals surface area contributed by atoms with E-state index >= 15 is 0 Å². The first-order valence-electron chi connectivity index (χ1n) is 8.27. The molecule has 1 atom stereocenters. The van der Waals surface area contributed by atoms with E-state index in [0.717, 1.165) is 0 Å². The van der Waals surface area contributed by atoms with Crippen molar-refractivity contribution in [2.45, 2.75) is 38.5 Å². The molecule has 0 aromatic heterocycles. The van der Waals surface area contributed by atoms with E-state index in [0.29, 0.717) is 13.1 Å².